The third kappa shape index (κ3) is 6.20. The van der Waals surface area contributed by atoms with Gasteiger partial charge in [-0.2, -0.15) is 4.39 Å². The second kappa shape index (κ2) is 12.0. The molecule has 2 fully saturated rings. The summed E-state index contributed by atoms with van der Waals surface area (Å²) >= 11 is 0. The van der Waals surface area contributed by atoms with Gasteiger partial charge >= 0.3 is 0 Å². The van der Waals surface area contributed by atoms with Gasteiger partial charge in [0.2, 0.25) is 5.82 Å². The summed E-state index contributed by atoms with van der Waals surface area (Å²) in [6.07, 6.45) is 17.0. The van der Waals surface area contributed by atoms with Crippen molar-refractivity contribution in [2.75, 3.05) is 0 Å². The van der Waals surface area contributed by atoms with Crippen molar-refractivity contribution in [1.29, 1.82) is 0 Å². The Kier molecular flexibility index (Phi) is 8.75. The molecule has 0 bridgehead atoms. The normalized spacial score (nSPS) is 25.0. The van der Waals surface area contributed by atoms with Crippen molar-refractivity contribution >= 4 is 0 Å². The lowest BCUT2D eigenvalue weighted by Gasteiger charge is -2.37. The van der Waals surface area contributed by atoms with Gasteiger partial charge in [0.1, 0.15) is 5.82 Å². The predicted octanol–water partition coefficient (Wildman–Crippen LogP) is 9.41. The molecule has 0 aliphatic heterocycles. The lowest BCUT2D eigenvalue weighted by atomic mass is 9.68. The predicted molar refractivity (Wildman–Crippen MR) is 137 cm³/mol. The van der Waals surface area contributed by atoms with Crippen LogP contribution in [0.25, 0.3) is 11.1 Å². The summed E-state index contributed by atoms with van der Waals surface area (Å²) in [6, 6.07) is 7.50. The summed E-state index contributed by atoms with van der Waals surface area (Å²) in [6.45, 7) is 5.67. The standard InChI is InChI=1S/C31H37F3O/c1-3-19-35-29-18-17-27(30(33)31(29)34)26-16-15-25(28(32)20-26)14-9-22-7-12-24(13-8-22)23-10-5-21(4-2)6-11-23/h3-4,15-24H,2,5-14H2,1H3. The summed E-state index contributed by atoms with van der Waals surface area (Å²) in [5, 5.41) is 0. The summed E-state index contributed by atoms with van der Waals surface area (Å²) in [4.78, 5) is 0. The average Bonchev–Trinajstić information content (AvgIpc) is 2.89. The summed E-state index contributed by atoms with van der Waals surface area (Å²) in [5.41, 5.74) is 1.00. The Morgan fingerprint density at radius 1 is 0.886 bits per heavy atom. The van der Waals surface area contributed by atoms with Gasteiger partial charge in [0.05, 0.1) is 6.26 Å². The number of benzene rings is 2. The van der Waals surface area contributed by atoms with E-state index in [0.29, 0.717) is 23.5 Å². The van der Waals surface area contributed by atoms with Gasteiger partial charge < -0.3 is 4.74 Å². The van der Waals surface area contributed by atoms with Gasteiger partial charge in [0, 0.05) is 5.56 Å². The van der Waals surface area contributed by atoms with E-state index in [1.165, 1.54) is 75.8 Å². The molecule has 0 heterocycles. The molecule has 0 unspecified atom stereocenters. The fraction of sp³-hybridized carbons (Fsp3) is 0.484. The second-order valence-electron chi connectivity index (χ2n) is 10.4. The molecule has 2 saturated carbocycles. The lowest BCUT2D eigenvalue weighted by molar-refractivity contribution is 0.152. The van der Waals surface area contributed by atoms with Gasteiger partial charge in [0.15, 0.2) is 11.6 Å². The molecule has 0 spiro atoms. The van der Waals surface area contributed by atoms with Crippen molar-refractivity contribution in [2.24, 2.45) is 23.7 Å². The maximum absolute atomic E-state index is 14.9. The molecule has 2 aromatic rings. The Hall–Kier alpha value is -2.49. The Morgan fingerprint density at radius 3 is 2.20 bits per heavy atom. The monoisotopic (exact) mass is 482 g/mol. The molecule has 0 aromatic heterocycles. The zero-order valence-corrected chi connectivity index (χ0v) is 20.7. The first-order valence-electron chi connectivity index (χ1n) is 13.2. The molecule has 0 atom stereocenters. The molecule has 0 saturated heterocycles. The van der Waals surface area contributed by atoms with Gasteiger partial charge in [-0.25, -0.2) is 8.78 Å². The van der Waals surface area contributed by atoms with Gasteiger partial charge in [-0.3, -0.25) is 0 Å². The highest BCUT2D eigenvalue weighted by atomic mass is 19.2. The summed E-state index contributed by atoms with van der Waals surface area (Å²) in [7, 11) is 0. The minimum atomic E-state index is -1.07. The minimum absolute atomic E-state index is 0.0289. The third-order valence-electron chi connectivity index (χ3n) is 8.27. The maximum atomic E-state index is 14.9. The van der Waals surface area contributed by atoms with Crippen LogP contribution in [0.3, 0.4) is 0 Å². The van der Waals surface area contributed by atoms with Crippen LogP contribution in [-0.2, 0) is 6.42 Å². The van der Waals surface area contributed by atoms with E-state index in [2.05, 4.69) is 12.7 Å². The zero-order valence-electron chi connectivity index (χ0n) is 20.7. The van der Waals surface area contributed by atoms with Gasteiger partial charge in [0.25, 0.3) is 0 Å². The molecule has 4 heteroatoms. The van der Waals surface area contributed by atoms with E-state index in [1.807, 2.05) is 0 Å². The van der Waals surface area contributed by atoms with Crippen LogP contribution >= 0.6 is 0 Å². The third-order valence-corrected chi connectivity index (χ3v) is 8.27. The van der Waals surface area contributed by atoms with Crippen molar-refractivity contribution < 1.29 is 17.9 Å². The quantitative estimate of drug-likeness (QED) is 0.269. The topological polar surface area (TPSA) is 9.23 Å². The average molecular weight is 483 g/mol. The van der Waals surface area contributed by atoms with Crippen molar-refractivity contribution in [2.45, 2.75) is 71.1 Å². The minimum Gasteiger partial charge on any atom is -0.462 e. The number of hydrogen-bond donors (Lipinski definition) is 0. The van der Waals surface area contributed by atoms with Crippen LogP contribution in [0.15, 0.2) is 55.3 Å². The molecule has 35 heavy (non-hydrogen) atoms. The number of rotatable bonds is 8. The van der Waals surface area contributed by atoms with Crippen molar-refractivity contribution in [3.05, 3.63) is 78.3 Å². The van der Waals surface area contributed by atoms with Crippen LogP contribution in [-0.4, -0.2) is 0 Å². The second-order valence-corrected chi connectivity index (χ2v) is 10.4. The number of ether oxygens (including phenoxy) is 1. The molecule has 0 radical (unpaired) electrons. The van der Waals surface area contributed by atoms with E-state index >= 15 is 0 Å². The first-order valence-corrected chi connectivity index (χ1v) is 13.2. The fourth-order valence-corrected chi connectivity index (χ4v) is 6.06. The summed E-state index contributed by atoms with van der Waals surface area (Å²) in [5.74, 6) is 0.444. The molecule has 0 N–H and O–H groups in total. The molecular weight excluding hydrogens is 445 g/mol. The van der Waals surface area contributed by atoms with Crippen LogP contribution < -0.4 is 4.74 Å². The molecule has 1 nitrogen and oxygen atoms in total. The maximum Gasteiger partial charge on any atom is 0.201 e. The number of hydrogen-bond acceptors (Lipinski definition) is 1. The van der Waals surface area contributed by atoms with Crippen molar-refractivity contribution in [3.8, 4) is 16.9 Å². The van der Waals surface area contributed by atoms with Gasteiger partial charge in [-0.1, -0.05) is 37.1 Å². The van der Waals surface area contributed by atoms with E-state index in [4.69, 9.17) is 4.74 Å². The molecule has 2 aromatic carbocycles. The van der Waals surface area contributed by atoms with E-state index < -0.39 is 11.6 Å². The molecule has 4 rings (SSSR count). The molecule has 2 aliphatic carbocycles. The number of halogens is 3. The molecule has 0 amide bonds. The highest BCUT2D eigenvalue weighted by Gasteiger charge is 2.30. The Bertz CT molecular complexity index is 1030. The smallest absolute Gasteiger partial charge is 0.201 e. The van der Waals surface area contributed by atoms with Crippen LogP contribution in [0.4, 0.5) is 13.2 Å². The Morgan fingerprint density at radius 2 is 1.57 bits per heavy atom. The lowest BCUT2D eigenvalue weighted by Crippen LogP contribution is -2.25. The zero-order chi connectivity index (χ0) is 24.8. The van der Waals surface area contributed by atoms with Crippen molar-refractivity contribution in [3.63, 3.8) is 0 Å². The van der Waals surface area contributed by atoms with Crippen LogP contribution in [0.5, 0.6) is 5.75 Å². The van der Waals surface area contributed by atoms with E-state index in [1.54, 1.807) is 25.1 Å². The molecular formula is C31H37F3O. The highest BCUT2D eigenvalue weighted by molar-refractivity contribution is 5.66. The van der Waals surface area contributed by atoms with Gasteiger partial charge in [-0.15, -0.1) is 6.58 Å². The molecule has 2 aliphatic rings. The summed E-state index contributed by atoms with van der Waals surface area (Å²) < 4.78 is 48.9. The van der Waals surface area contributed by atoms with Crippen LogP contribution in [0.1, 0.15) is 70.3 Å². The Balaban J connectivity index is 1.31. The van der Waals surface area contributed by atoms with Crippen molar-refractivity contribution in [1.82, 2.24) is 0 Å². The first kappa shape index (κ1) is 25.6. The van der Waals surface area contributed by atoms with E-state index in [9.17, 15) is 13.2 Å². The first-order chi connectivity index (χ1) is 17.0. The largest absolute Gasteiger partial charge is 0.462 e. The van der Waals surface area contributed by atoms with E-state index in [0.717, 1.165) is 24.2 Å². The number of allylic oxidation sites excluding steroid dienone is 2. The van der Waals surface area contributed by atoms with Gasteiger partial charge in [-0.05, 0) is 111 Å². The molecule has 188 valence electrons. The van der Waals surface area contributed by atoms with Crippen LogP contribution in [0.2, 0.25) is 0 Å². The highest BCUT2D eigenvalue weighted by Crippen LogP contribution is 2.42. The van der Waals surface area contributed by atoms with Crippen LogP contribution in [0, 0.1) is 41.1 Å². The number of aryl methyl sites for hydroxylation is 1. The Labute approximate surface area is 208 Å². The SMILES string of the molecule is C=CC1CCC(C2CCC(CCc3ccc(-c4ccc(OC=CC)c(F)c4F)cc3F)CC2)CC1. The fourth-order valence-electron chi connectivity index (χ4n) is 6.06. The van der Waals surface area contributed by atoms with E-state index in [-0.39, 0.29) is 17.1 Å².